The maximum absolute atomic E-state index is 12.9. The van der Waals surface area contributed by atoms with E-state index in [1.807, 2.05) is 31.2 Å². The summed E-state index contributed by atoms with van der Waals surface area (Å²) in [4.78, 5) is 27.0. The van der Waals surface area contributed by atoms with Crippen LogP contribution in [0, 0.1) is 0 Å². The van der Waals surface area contributed by atoms with Gasteiger partial charge in [-0.2, -0.15) is 0 Å². The normalized spacial score (nSPS) is 24.4. The van der Waals surface area contributed by atoms with Crippen LogP contribution < -0.4 is 10.1 Å². The first-order valence-electron chi connectivity index (χ1n) is 8.78. The molecule has 1 unspecified atom stereocenters. The molecule has 2 amide bonds. The highest BCUT2D eigenvalue weighted by Gasteiger charge is 2.47. The number of rotatable bonds is 5. The predicted octanol–water partition coefficient (Wildman–Crippen LogP) is 2.64. The van der Waals surface area contributed by atoms with E-state index in [0.29, 0.717) is 19.4 Å². The number of nitrogens with one attached hydrogen (secondary N) is 1. The Bertz CT molecular complexity index is 625. The van der Waals surface area contributed by atoms with Crippen LogP contribution in [-0.4, -0.2) is 35.4 Å². The third-order valence-electron chi connectivity index (χ3n) is 5.42. The highest BCUT2D eigenvalue weighted by Crippen LogP contribution is 2.34. The van der Waals surface area contributed by atoms with Crippen LogP contribution in [0.1, 0.15) is 51.0 Å². The van der Waals surface area contributed by atoms with Gasteiger partial charge >= 0.3 is 0 Å². The lowest BCUT2D eigenvalue weighted by molar-refractivity contribution is -0.141. The summed E-state index contributed by atoms with van der Waals surface area (Å²) in [5.41, 5.74) is 0.149. The molecule has 1 heterocycles. The van der Waals surface area contributed by atoms with Crippen molar-refractivity contribution in [2.24, 2.45) is 0 Å². The summed E-state index contributed by atoms with van der Waals surface area (Å²) in [6.45, 7) is 2.29. The molecule has 1 aliphatic carbocycles. The molecule has 5 nitrogen and oxygen atoms in total. The van der Waals surface area contributed by atoms with E-state index >= 15 is 0 Å². The molecule has 1 aromatic rings. The molecule has 0 radical (unpaired) electrons. The molecular weight excluding hydrogens is 304 g/mol. The fraction of sp³-hybridized carbons (Fsp3) is 0.579. The van der Waals surface area contributed by atoms with Crippen molar-refractivity contribution in [3.8, 4) is 5.75 Å². The Kier molecular flexibility index (Phi) is 4.78. The summed E-state index contributed by atoms with van der Waals surface area (Å²) >= 11 is 0. The number of benzene rings is 1. The van der Waals surface area contributed by atoms with E-state index in [2.05, 4.69) is 5.32 Å². The summed E-state index contributed by atoms with van der Waals surface area (Å²) in [5, 5.41) is 3.16. The van der Waals surface area contributed by atoms with Crippen molar-refractivity contribution in [2.75, 3.05) is 7.11 Å². The van der Waals surface area contributed by atoms with Gasteiger partial charge in [0.1, 0.15) is 11.3 Å². The van der Waals surface area contributed by atoms with Gasteiger partial charge in [-0.3, -0.25) is 9.59 Å². The van der Waals surface area contributed by atoms with Gasteiger partial charge in [-0.15, -0.1) is 0 Å². The van der Waals surface area contributed by atoms with E-state index in [9.17, 15) is 9.59 Å². The van der Waals surface area contributed by atoms with E-state index in [1.54, 1.807) is 12.0 Å². The lowest BCUT2D eigenvalue weighted by atomic mass is 9.96. The number of carbonyl (C=O) groups excluding carboxylic acids is 2. The molecule has 1 saturated carbocycles. The average Bonchev–Trinajstić information content (AvgIpc) is 3.19. The lowest BCUT2D eigenvalue weighted by Gasteiger charge is -2.35. The third kappa shape index (κ3) is 3.12. The number of amides is 2. The lowest BCUT2D eigenvalue weighted by Crippen LogP contribution is -2.55. The zero-order valence-corrected chi connectivity index (χ0v) is 14.5. The second-order valence-corrected chi connectivity index (χ2v) is 7.02. The zero-order valence-electron chi connectivity index (χ0n) is 14.5. The van der Waals surface area contributed by atoms with E-state index in [1.165, 1.54) is 12.8 Å². The summed E-state index contributed by atoms with van der Waals surface area (Å²) in [5.74, 6) is 0.760. The van der Waals surface area contributed by atoms with Gasteiger partial charge in [-0.25, -0.2) is 0 Å². The number of carbonyl (C=O) groups is 2. The van der Waals surface area contributed by atoms with E-state index in [0.717, 1.165) is 24.2 Å². The van der Waals surface area contributed by atoms with Gasteiger partial charge in [0, 0.05) is 18.0 Å². The average molecular weight is 330 g/mol. The molecule has 2 aliphatic rings. The molecule has 130 valence electrons. The van der Waals surface area contributed by atoms with Crippen molar-refractivity contribution < 1.29 is 14.3 Å². The van der Waals surface area contributed by atoms with Gasteiger partial charge in [-0.05, 0) is 32.3 Å². The monoisotopic (exact) mass is 330 g/mol. The molecule has 0 spiro atoms. The van der Waals surface area contributed by atoms with Crippen molar-refractivity contribution in [3.05, 3.63) is 29.8 Å². The number of hydrogen-bond acceptors (Lipinski definition) is 3. The molecule has 1 N–H and O–H groups in total. The summed E-state index contributed by atoms with van der Waals surface area (Å²) in [6, 6.07) is 7.91. The Balaban J connectivity index is 1.78. The van der Waals surface area contributed by atoms with E-state index < -0.39 is 5.54 Å². The van der Waals surface area contributed by atoms with Crippen LogP contribution in [0.4, 0.5) is 0 Å². The second-order valence-electron chi connectivity index (χ2n) is 7.02. The van der Waals surface area contributed by atoms with Crippen molar-refractivity contribution in [3.63, 3.8) is 0 Å². The summed E-state index contributed by atoms with van der Waals surface area (Å²) < 4.78 is 5.39. The van der Waals surface area contributed by atoms with E-state index in [-0.39, 0.29) is 17.9 Å². The Morgan fingerprint density at radius 1 is 1.33 bits per heavy atom. The maximum Gasteiger partial charge on any atom is 0.245 e. The molecular formula is C19H26N2O3. The Morgan fingerprint density at radius 2 is 2.04 bits per heavy atom. The van der Waals surface area contributed by atoms with Crippen molar-refractivity contribution in [1.29, 1.82) is 0 Å². The minimum atomic E-state index is -0.777. The SMILES string of the molecule is COc1ccccc1CN1C(=O)CCC1(C)C(=O)NC1CCCC1. The van der Waals surface area contributed by atoms with Crippen LogP contribution in [0.5, 0.6) is 5.75 Å². The molecule has 3 rings (SSSR count). The number of methoxy groups -OCH3 is 1. The Morgan fingerprint density at radius 3 is 2.75 bits per heavy atom. The summed E-state index contributed by atoms with van der Waals surface area (Å²) in [7, 11) is 1.62. The quantitative estimate of drug-likeness (QED) is 0.903. The van der Waals surface area contributed by atoms with Crippen LogP contribution in [0.2, 0.25) is 0 Å². The fourth-order valence-corrected chi connectivity index (χ4v) is 3.81. The van der Waals surface area contributed by atoms with Gasteiger partial charge in [0.2, 0.25) is 11.8 Å². The first-order chi connectivity index (χ1) is 11.5. The standard InChI is InChI=1S/C19H26N2O3/c1-19(18(23)20-15-8-4-5-9-15)12-11-17(22)21(19)13-14-7-3-6-10-16(14)24-2/h3,6-7,10,15H,4-5,8-9,11-13H2,1-2H3,(H,20,23). The van der Waals surface area contributed by atoms with E-state index in [4.69, 9.17) is 4.74 Å². The molecule has 0 aromatic heterocycles. The largest absolute Gasteiger partial charge is 0.496 e. The smallest absolute Gasteiger partial charge is 0.245 e. The van der Waals surface area contributed by atoms with Gasteiger partial charge in [-0.1, -0.05) is 31.0 Å². The van der Waals surface area contributed by atoms with Crippen LogP contribution >= 0.6 is 0 Å². The summed E-state index contributed by atoms with van der Waals surface area (Å²) in [6.07, 6.45) is 5.42. The first kappa shape index (κ1) is 16.8. The molecule has 1 aromatic carbocycles. The second kappa shape index (κ2) is 6.83. The molecule has 24 heavy (non-hydrogen) atoms. The van der Waals surface area contributed by atoms with Crippen molar-refractivity contribution in [1.82, 2.24) is 10.2 Å². The van der Waals surface area contributed by atoms with Crippen LogP contribution in [0.3, 0.4) is 0 Å². The Hall–Kier alpha value is -2.04. The molecule has 1 saturated heterocycles. The molecule has 2 fully saturated rings. The number of nitrogens with zero attached hydrogens (tertiary/aromatic N) is 1. The number of ether oxygens (including phenoxy) is 1. The molecule has 1 atom stereocenters. The first-order valence-corrected chi connectivity index (χ1v) is 8.78. The number of para-hydroxylation sites is 1. The van der Waals surface area contributed by atoms with Crippen molar-refractivity contribution in [2.45, 2.75) is 63.6 Å². The zero-order chi connectivity index (χ0) is 17.2. The topological polar surface area (TPSA) is 58.6 Å². The highest BCUT2D eigenvalue weighted by molar-refractivity contribution is 5.94. The third-order valence-corrected chi connectivity index (χ3v) is 5.42. The Labute approximate surface area is 143 Å². The molecule has 0 bridgehead atoms. The van der Waals surface area contributed by atoms with Crippen molar-refractivity contribution >= 4 is 11.8 Å². The molecule has 5 heteroatoms. The molecule has 1 aliphatic heterocycles. The number of hydrogen-bond donors (Lipinski definition) is 1. The van der Waals surface area contributed by atoms with Crippen LogP contribution in [0.15, 0.2) is 24.3 Å². The van der Waals surface area contributed by atoms with Gasteiger partial charge in [0.25, 0.3) is 0 Å². The van der Waals surface area contributed by atoms with Gasteiger partial charge in [0.15, 0.2) is 0 Å². The minimum absolute atomic E-state index is 0.0184. The highest BCUT2D eigenvalue weighted by atomic mass is 16.5. The maximum atomic E-state index is 12.9. The van der Waals surface area contributed by atoms with Gasteiger partial charge < -0.3 is 15.0 Å². The predicted molar refractivity (Wildman–Crippen MR) is 91.6 cm³/mol. The number of likely N-dealkylation sites (tertiary alicyclic amines) is 1. The van der Waals surface area contributed by atoms with Crippen LogP contribution in [0.25, 0.3) is 0 Å². The fourth-order valence-electron chi connectivity index (χ4n) is 3.81. The van der Waals surface area contributed by atoms with Gasteiger partial charge in [0.05, 0.1) is 13.7 Å². The minimum Gasteiger partial charge on any atom is -0.496 e. The van der Waals surface area contributed by atoms with Crippen LogP contribution in [-0.2, 0) is 16.1 Å².